The highest BCUT2D eigenvalue weighted by molar-refractivity contribution is 5.52. The van der Waals surface area contributed by atoms with Crippen LogP contribution in [0.15, 0.2) is 42.5 Å². The number of aryl methyl sites for hydroxylation is 1. The lowest BCUT2D eigenvalue weighted by Crippen LogP contribution is -2.06. The Morgan fingerprint density at radius 1 is 1.17 bits per heavy atom. The molecule has 0 unspecified atom stereocenters. The van der Waals surface area contributed by atoms with E-state index in [1.54, 1.807) is 49.4 Å². The van der Waals surface area contributed by atoms with E-state index in [0.29, 0.717) is 36.5 Å². The molecule has 0 saturated heterocycles. The first kappa shape index (κ1) is 16.3. The maximum Gasteiger partial charge on any atom is 0.313 e. The second kappa shape index (κ2) is 7.80. The Bertz CT molecular complexity index is 738. The molecule has 0 aliphatic carbocycles. The average Bonchev–Trinajstić information content (AvgIpc) is 2.54. The molecule has 0 fully saturated rings. The van der Waals surface area contributed by atoms with Gasteiger partial charge >= 0.3 is 5.69 Å². The number of nitriles is 1. The molecule has 0 atom stereocenters. The first-order valence-corrected chi connectivity index (χ1v) is 7.11. The zero-order chi connectivity index (χ0) is 16.7. The molecule has 0 amide bonds. The van der Waals surface area contributed by atoms with E-state index < -0.39 is 4.92 Å². The summed E-state index contributed by atoms with van der Waals surface area (Å²) in [6.45, 7) is 2.38. The summed E-state index contributed by atoms with van der Waals surface area (Å²) >= 11 is 0. The number of hydrogen-bond donors (Lipinski definition) is 0. The van der Waals surface area contributed by atoms with Crippen LogP contribution < -0.4 is 9.47 Å². The number of nitro benzene ring substituents is 1. The third-order valence-electron chi connectivity index (χ3n) is 3.16. The molecule has 2 rings (SSSR count). The predicted molar refractivity (Wildman–Crippen MR) is 84.6 cm³/mol. The van der Waals surface area contributed by atoms with Gasteiger partial charge in [-0.15, -0.1) is 0 Å². The Hall–Kier alpha value is -3.07. The first-order chi connectivity index (χ1) is 11.1. The molecular weight excluding hydrogens is 296 g/mol. The maximum atomic E-state index is 11.1. The maximum absolute atomic E-state index is 11.1. The SMILES string of the molecule is Cc1cccc(OCCCOc2cccc(C#N)c2)c1[N+](=O)[O-]. The summed E-state index contributed by atoms with van der Waals surface area (Å²) < 4.78 is 11.0. The number of nitro groups is 1. The fraction of sp³-hybridized carbons (Fsp3) is 0.235. The fourth-order valence-corrected chi connectivity index (χ4v) is 2.07. The molecule has 118 valence electrons. The summed E-state index contributed by atoms with van der Waals surface area (Å²) in [5.74, 6) is 0.882. The minimum Gasteiger partial charge on any atom is -0.493 e. The second-order valence-electron chi connectivity index (χ2n) is 4.87. The van der Waals surface area contributed by atoms with Crippen LogP contribution in [-0.2, 0) is 0 Å². The molecule has 0 saturated carbocycles. The Morgan fingerprint density at radius 2 is 1.91 bits per heavy atom. The van der Waals surface area contributed by atoms with Gasteiger partial charge in [-0.3, -0.25) is 10.1 Å². The van der Waals surface area contributed by atoms with Crippen LogP contribution in [0.2, 0.25) is 0 Å². The standard InChI is InChI=1S/C17H16N2O4/c1-13-5-2-8-16(17(13)19(20)21)23-10-4-9-22-15-7-3-6-14(11-15)12-18/h2-3,5-8,11H,4,9-10H2,1H3. The van der Waals surface area contributed by atoms with E-state index in [1.807, 2.05) is 6.07 Å². The predicted octanol–water partition coefficient (Wildman–Crippen LogP) is 3.62. The third kappa shape index (κ3) is 4.45. The molecule has 0 aliphatic heterocycles. The van der Waals surface area contributed by atoms with Crippen LogP contribution in [-0.4, -0.2) is 18.1 Å². The van der Waals surface area contributed by atoms with Gasteiger partial charge in [0.05, 0.1) is 29.8 Å². The lowest BCUT2D eigenvalue weighted by Gasteiger charge is -2.09. The highest BCUT2D eigenvalue weighted by atomic mass is 16.6. The summed E-state index contributed by atoms with van der Waals surface area (Å²) in [7, 11) is 0. The average molecular weight is 312 g/mol. The van der Waals surface area contributed by atoms with E-state index >= 15 is 0 Å². The van der Waals surface area contributed by atoms with Crippen LogP contribution >= 0.6 is 0 Å². The van der Waals surface area contributed by atoms with Crippen molar-refractivity contribution < 1.29 is 14.4 Å². The van der Waals surface area contributed by atoms with Crippen molar-refractivity contribution in [1.82, 2.24) is 0 Å². The first-order valence-electron chi connectivity index (χ1n) is 7.11. The monoisotopic (exact) mass is 312 g/mol. The van der Waals surface area contributed by atoms with Crippen LogP contribution in [0.3, 0.4) is 0 Å². The van der Waals surface area contributed by atoms with Gasteiger partial charge in [-0.1, -0.05) is 18.2 Å². The summed E-state index contributed by atoms with van der Waals surface area (Å²) in [5.41, 5.74) is 1.10. The van der Waals surface area contributed by atoms with Gasteiger partial charge in [-0.2, -0.15) is 5.26 Å². The minimum absolute atomic E-state index is 0.00450. The topological polar surface area (TPSA) is 85.4 Å². The van der Waals surface area contributed by atoms with Gasteiger partial charge in [0.25, 0.3) is 0 Å². The molecular formula is C17H16N2O4. The van der Waals surface area contributed by atoms with Gasteiger partial charge in [-0.25, -0.2) is 0 Å². The molecule has 2 aromatic rings. The molecule has 6 nitrogen and oxygen atoms in total. The van der Waals surface area contributed by atoms with Gasteiger partial charge in [0.2, 0.25) is 0 Å². The summed E-state index contributed by atoms with van der Waals surface area (Å²) in [5, 5.41) is 19.9. The highest BCUT2D eigenvalue weighted by Gasteiger charge is 2.17. The summed E-state index contributed by atoms with van der Waals surface area (Å²) in [4.78, 5) is 10.6. The largest absolute Gasteiger partial charge is 0.493 e. The number of ether oxygens (including phenoxy) is 2. The highest BCUT2D eigenvalue weighted by Crippen LogP contribution is 2.30. The Kier molecular flexibility index (Phi) is 5.53. The lowest BCUT2D eigenvalue weighted by molar-refractivity contribution is -0.386. The van der Waals surface area contributed by atoms with Gasteiger partial charge in [0, 0.05) is 12.0 Å². The molecule has 0 aliphatic rings. The van der Waals surface area contributed by atoms with Crippen molar-refractivity contribution in [2.24, 2.45) is 0 Å². The number of rotatable bonds is 7. The number of benzene rings is 2. The van der Waals surface area contributed by atoms with Crippen LogP contribution in [0, 0.1) is 28.4 Å². The Morgan fingerprint density at radius 3 is 2.65 bits per heavy atom. The van der Waals surface area contributed by atoms with Crippen molar-refractivity contribution in [3.63, 3.8) is 0 Å². The molecule has 0 heterocycles. The van der Waals surface area contributed by atoms with Crippen LogP contribution in [0.5, 0.6) is 11.5 Å². The molecule has 0 radical (unpaired) electrons. The molecule has 0 bridgehead atoms. The van der Waals surface area contributed by atoms with E-state index in [1.165, 1.54) is 0 Å². The molecule has 23 heavy (non-hydrogen) atoms. The van der Waals surface area contributed by atoms with Gasteiger partial charge < -0.3 is 9.47 Å². The van der Waals surface area contributed by atoms with E-state index in [-0.39, 0.29) is 11.4 Å². The fourth-order valence-electron chi connectivity index (χ4n) is 2.07. The minimum atomic E-state index is -0.436. The quantitative estimate of drug-likeness (QED) is 0.443. The molecule has 2 aromatic carbocycles. The van der Waals surface area contributed by atoms with E-state index in [0.717, 1.165) is 0 Å². The van der Waals surface area contributed by atoms with Crippen molar-refractivity contribution in [2.75, 3.05) is 13.2 Å². The Balaban J connectivity index is 1.83. The molecule has 0 N–H and O–H groups in total. The van der Waals surface area contributed by atoms with Gasteiger partial charge in [0.1, 0.15) is 5.75 Å². The molecule has 6 heteroatoms. The Labute approximate surface area is 134 Å². The van der Waals surface area contributed by atoms with E-state index in [4.69, 9.17) is 14.7 Å². The number of nitrogens with zero attached hydrogens (tertiary/aromatic N) is 2. The van der Waals surface area contributed by atoms with Crippen molar-refractivity contribution in [3.8, 4) is 17.6 Å². The van der Waals surface area contributed by atoms with Crippen molar-refractivity contribution in [3.05, 3.63) is 63.7 Å². The van der Waals surface area contributed by atoms with Gasteiger partial charge in [-0.05, 0) is 31.2 Å². The van der Waals surface area contributed by atoms with Crippen molar-refractivity contribution in [2.45, 2.75) is 13.3 Å². The van der Waals surface area contributed by atoms with Crippen LogP contribution in [0.1, 0.15) is 17.5 Å². The van der Waals surface area contributed by atoms with Gasteiger partial charge in [0.15, 0.2) is 5.75 Å². The third-order valence-corrected chi connectivity index (χ3v) is 3.16. The zero-order valence-corrected chi connectivity index (χ0v) is 12.7. The van der Waals surface area contributed by atoms with Crippen LogP contribution in [0.25, 0.3) is 0 Å². The summed E-state index contributed by atoms with van der Waals surface area (Å²) in [6.07, 6.45) is 0.571. The number of para-hydroxylation sites is 1. The van der Waals surface area contributed by atoms with Crippen molar-refractivity contribution in [1.29, 1.82) is 5.26 Å². The summed E-state index contributed by atoms with van der Waals surface area (Å²) in [6, 6.07) is 13.9. The van der Waals surface area contributed by atoms with Crippen molar-refractivity contribution >= 4 is 5.69 Å². The van der Waals surface area contributed by atoms with Crippen LogP contribution in [0.4, 0.5) is 5.69 Å². The normalized spacial score (nSPS) is 9.91. The molecule has 0 spiro atoms. The molecule has 0 aromatic heterocycles. The lowest BCUT2D eigenvalue weighted by atomic mass is 10.2. The van der Waals surface area contributed by atoms with E-state index in [2.05, 4.69) is 0 Å². The zero-order valence-electron chi connectivity index (χ0n) is 12.7. The second-order valence-corrected chi connectivity index (χ2v) is 4.87. The number of hydrogen-bond acceptors (Lipinski definition) is 5. The van der Waals surface area contributed by atoms with E-state index in [9.17, 15) is 10.1 Å². The smallest absolute Gasteiger partial charge is 0.313 e.